The van der Waals surface area contributed by atoms with E-state index in [-0.39, 0.29) is 0 Å². The largest absolute Gasteiger partial charge is 0.396 e. The highest BCUT2D eigenvalue weighted by Gasteiger charge is 2.29. The van der Waals surface area contributed by atoms with Crippen molar-refractivity contribution >= 4 is 30.4 Å². The lowest BCUT2D eigenvalue weighted by Crippen LogP contribution is -2.31. The summed E-state index contributed by atoms with van der Waals surface area (Å²) in [6, 6.07) is 0. The van der Waals surface area contributed by atoms with Gasteiger partial charge in [0.2, 0.25) is 0 Å². The zero-order valence-corrected chi connectivity index (χ0v) is 7.89. The molecule has 0 saturated heterocycles. The molecule has 0 aromatic carbocycles. The Morgan fingerprint density at radius 2 is 2.33 bits per heavy atom. The van der Waals surface area contributed by atoms with Crippen LogP contribution in [-0.4, -0.2) is 17.8 Å². The van der Waals surface area contributed by atoms with Crippen molar-refractivity contribution in [1.82, 2.24) is 0 Å². The van der Waals surface area contributed by atoms with Crippen LogP contribution >= 0.6 is 30.4 Å². The first-order valence-corrected chi connectivity index (χ1v) is 6.20. The highest BCUT2D eigenvalue weighted by atomic mass is 127. The minimum Gasteiger partial charge on any atom is -0.396 e. The summed E-state index contributed by atoms with van der Waals surface area (Å²) in [5, 5.41) is 8.61. The minimum absolute atomic E-state index is 0.325. The number of halogens is 1. The summed E-state index contributed by atoms with van der Waals surface area (Å²) >= 11 is 2.11. The van der Waals surface area contributed by atoms with E-state index in [1.165, 1.54) is 9.21 Å². The predicted octanol–water partition coefficient (Wildman–Crippen LogP) is 1.77. The van der Waals surface area contributed by atoms with Crippen molar-refractivity contribution in [2.24, 2.45) is 5.92 Å². The van der Waals surface area contributed by atoms with Gasteiger partial charge in [0.1, 0.15) is 0 Å². The Kier molecular flexibility index (Phi) is 3.60. The molecule has 1 aliphatic rings. The number of hydrogen-bond acceptors (Lipinski definition) is 3. The van der Waals surface area contributed by atoms with Crippen molar-refractivity contribution < 1.29 is 9.29 Å². The minimum atomic E-state index is 0.325. The van der Waals surface area contributed by atoms with Crippen LogP contribution in [0.5, 0.6) is 0 Å². The lowest BCUT2D eigenvalue weighted by atomic mass is 9.83. The van der Waals surface area contributed by atoms with Crippen LogP contribution < -0.4 is 0 Å². The fraction of sp³-hybridized carbons (Fsp3) is 1.00. The molecule has 0 heterocycles. The van der Waals surface area contributed by atoms with Crippen LogP contribution in [0.2, 0.25) is 0 Å². The molecule has 54 valence electrons. The molecule has 0 aromatic rings. The topological polar surface area (TPSA) is 29.5 Å². The van der Waals surface area contributed by atoms with E-state index in [1.807, 2.05) is 0 Å². The molecule has 1 rings (SSSR count). The molecular formula is C5H9IO2S. The second kappa shape index (κ2) is 4.00. The molecule has 9 heavy (non-hydrogen) atoms. The normalized spacial score (nSPS) is 34.0. The van der Waals surface area contributed by atoms with E-state index in [2.05, 4.69) is 21.2 Å². The molecule has 1 fully saturated rings. The zero-order valence-electron chi connectivity index (χ0n) is 4.92. The average molecular weight is 260 g/mol. The third-order valence-electron chi connectivity index (χ3n) is 1.62. The quantitative estimate of drug-likeness (QED) is 0.619. The Hall–Kier alpha value is 1.00. The Balaban J connectivity index is 1.98. The Labute approximate surface area is 71.1 Å². The average Bonchev–Trinajstić information content (AvgIpc) is 1.77. The van der Waals surface area contributed by atoms with Gasteiger partial charge in [0.15, 0.2) is 0 Å². The summed E-state index contributed by atoms with van der Waals surface area (Å²) in [4.78, 5) is 0. The number of rotatable bonds is 3. The molecule has 0 bridgehead atoms. The van der Waals surface area contributed by atoms with E-state index in [4.69, 9.17) is 9.29 Å². The van der Waals surface area contributed by atoms with E-state index in [9.17, 15) is 0 Å². The summed E-state index contributed by atoms with van der Waals surface area (Å²) in [5.41, 5.74) is 0. The van der Waals surface area contributed by atoms with Gasteiger partial charge in [0.25, 0.3) is 0 Å². The third kappa shape index (κ3) is 2.25. The maximum atomic E-state index is 8.61. The number of aliphatic hydroxyl groups is 1. The second-order valence-corrected chi connectivity index (χ2v) is 3.70. The lowest BCUT2D eigenvalue weighted by Gasteiger charge is -2.31. The van der Waals surface area contributed by atoms with Crippen LogP contribution in [-0.2, 0) is 4.18 Å². The van der Waals surface area contributed by atoms with Gasteiger partial charge in [-0.3, -0.25) is 0 Å². The Morgan fingerprint density at radius 3 is 2.78 bits per heavy atom. The van der Waals surface area contributed by atoms with E-state index >= 15 is 0 Å². The molecule has 2 nitrogen and oxygen atoms in total. The summed E-state index contributed by atoms with van der Waals surface area (Å²) in [6.07, 6.45) is 2.47. The molecular weight excluding hydrogens is 251 g/mol. The van der Waals surface area contributed by atoms with E-state index < -0.39 is 0 Å². The highest BCUT2D eigenvalue weighted by Crippen LogP contribution is 2.33. The van der Waals surface area contributed by atoms with Crippen molar-refractivity contribution in [3.8, 4) is 0 Å². The van der Waals surface area contributed by atoms with Gasteiger partial charge in [-0.1, -0.05) is 0 Å². The summed E-state index contributed by atoms with van der Waals surface area (Å²) in [5.74, 6) is 0.513. The summed E-state index contributed by atoms with van der Waals surface area (Å²) in [7, 11) is 1.39. The Bertz CT molecular complexity index is 85.0. The second-order valence-electron chi connectivity index (χ2n) is 2.30. The number of aliphatic hydroxyl groups excluding tert-OH is 1. The third-order valence-corrected chi connectivity index (χ3v) is 2.59. The van der Waals surface area contributed by atoms with E-state index in [0.717, 1.165) is 12.8 Å². The van der Waals surface area contributed by atoms with E-state index in [0.29, 0.717) is 18.6 Å². The molecule has 0 spiro atoms. The predicted molar refractivity (Wildman–Crippen MR) is 46.3 cm³/mol. The first-order valence-electron chi connectivity index (χ1n) is 2.91. The molecule has 4 heteroatoms. The fourth-order valence-corrected chi connectivity index (χ4v) is 2.09. The molecule has 1 aliphatic carbocycles. The van der Waals surface area contributed by atoms with E-state index in [1.54, 1.807) is 0 Å². The van der Waals surface area contributed by atoms with Gasteiger partial charge in [0, 0.05) is 27.8 Å². The molecule has 1 N–H and O–H groups in total. The standard InChI is InChI=1S/C5H9IO2S/c6-9-8-5-1-4(2-5)3-7/h4-5,7H,1-3H2. The van der Waals surface area contributed by atoms with Crippen LogP contribution in [0.15, 0.2) is 0 Å². The van der Waals surface area contributed by atoms with Crippen LogP contribution in [0.3, 0.4) is 0 Å². The first kappa shape index (κ1) is 8.10. The van der Waals surface area contributed by atoms with Crippen LogP contribution in [0.1, 0.15) is 12.8 Å². The van der Waals surface area contributed by atoms with Crippen molar-refractivity contribution in [2.75, 3.05) is 6.61 Å². The van der Waals surface area contributed by atoms with Crippen LogP contribution in [0, 0.1) is 5.92 Å². The highest BCUT2D eigenvalue weighted by molar-refractivity contribution is 14.2. The maximum Gasteiger partial charge on any atom is 0.0739 e. The lowest BCUT2D eigenvalue weighted by molar-refractivity contribution is 0.0478. The van der Waals surface area contributed by atoms with Gasteiger partial charge in [-0.15, -0.1) is 0 Å². The van der Waals surface area contributed by atoms with Crippen molar-refractivity contribution in [3.05, 3.63) is 0 Å². The van der Waals surface area contributed by atoms with Gasteiger partial charge < -0.3 is 9.29 Å². The summed E-state index contributed by atoms with van der Waals surface area (Å²) < 4.78 is 5.20. The van der Waals surface area contributed by atoms with Crippen molar-refractivity contribution in [3.63, 3.8) is 0 Å². The van der Waals surface area contributed by atoms with Gasteiger partial charge in [-0.2, -0.15) is 0 Å². The monoisotopic (exact) mass is 260 g/mol. The first-order chi connectivity index (χ1) is 4.36. The van der Waals surface area contributed by atoms with Crippen LogP contribution in [0.4, 0.5) is 0 Å². The molecule has 0 unspecified atom stereocenters. The van der Waals surface area contributed by atoms with Gasteiger partial charge in [-0.05, 0) is 18.8 Å². The summed E-state index contributed by atoms with van der Waals surface area (Å²) in [6.45, 7) is 0.325. The molecule has 0 radical (unpaired) electrons. The maximum absolute atomic E-state index is 8.61. The molecule has 1 saturated carbocycles. The Morgan fingerprint density at radius 1 is 1.67 bits per heavy atom. The SMILES string of the molecule is OCC1CC(OSI)C1. The van der Waals surface area contributed by atoms with Crippen molar-refractivity contribution in [1.29, 1.82) is 0 Å². The van der Waals surface area contributed by atoms with Gasteiger partial charge in [0.05, 0.1) is 15.3 Å². The van der Waals surface area contributed by atoms with Crippen LogP contribution in [0.25, 0.3) is 0 Å². The fourth-order valence-electron chi connectivity index (χ4n) is 0.954. The number of hydrogen-bond donors (Lipinski definition) is 1. The molecule has 0 amide bonds. The zero-order chi connectivity index (χ0) is 6.69. The van der Waals surface area contributed by atoms with Gasteiger partial charge >= 0.3 is 0 Å². The molecule has 0 aromatic heterocycles. The van der Waals surface area contributed by atoms with Gasteiger partial charge in [-0.25, -0.2) is 0 Å². The smallest absolute Gasteiger partial charge is 0.0739 e. The van der Waals surface area contributed by atoms with Crippen molar-refractivity contribution in [2.45, 2.75) is 18.9 Å². The molecule has 0 aliphatic heterocycles. The molecule has 0 atom stereocenters.